The van der Waals surface area contributed by atoms with E-state index >= 15 is 0 Å². The van der Waals surface area contributed by atoms with E-state index in [2.05, 4.69) is 4.98 Å². The number of rotatable bonds is 5. The molecule has 0 fully saturated rings. The number of hydrogen-bond acceptors (Lipinski definition) is 6. The Labute approximate surface area is 177 Å². The van der Waals surface area contributed by atoms with Crippen LogP contribution in [0.4, 0.5) is 5.69 Å². The van der Waals surface area contributed by atoms with Crippen LogP contribution in [0.5, 0.6) is 5.75 Å². The van der Waals surface area contributed by atoms with Gasteiger partial charge in [-0.25, -0.2) is 4.79 Å². The van der Waals surface area contributed by atoms with Crippen LogP contribution in [-0.2, 0) is 19.1 Å². The molecule has 2 amide bonds. The predicted octanol–water partition coefficient (Wildman–Crippen LogP) is 2.07. The number of carbonyl (C=O) groups is 3. The first kappa shape index (κ1) is 20.1. The summed E-state index contributed by atoms with van der Waals surface area (Å²) in [5, 5.41) is 0.947. The number of ether oxygens (including phenoxy) is 2. The molecule has 0 spiro atoms. The quantitative estimate of drug-likeness (QED) is 0.502. The highest BCUT2D eigenvalue weighted by atomic mass is 16.5. The lowest BCUT2D eigenvalue weighted by Crippen LogP contribution is -2.50. The molecule has 2 N–H and O–H groups in total. The largest absolute Gasteiger partial charge is 0.477 e. The van der Waals surface area contributed by atoms with Crippen molar-refractivity contribution in [2.45, 2.75) is 6.10 Å². The maximum Gasteiger partial charge on any atom is 0.331 e. The molecule has 3 aromatic rings. The van der Waals surface area contributed by atoms with E-state index < -0.39 is 30.5 Å². The van der Waals surface area contributed by atoms with Crippen LogP contribution in [0, 0.1) is 0 Å². The highest BCUT2D eigenvalue weighted by Crippen LogP contribution is 2.33. The second-order valence-electron chi connectivity index (χ2n) is 6.84. The molecule has 1 aliphatic rings. The van der Waals surface area contributed by atoms with Gasteiger partial charge in [0.2, 0.25) is 0 Å². The number of carbonyl (C=O) groups excluding carboxylic acids is 3. The molecule has 1 atom stereocenters. The highest BCUT2D eigenvalue weighted by Gasteiger charge is 2.32. The molecule has 1 aliphatic heterocycles. The molecule has 0 radical (unpaired) electrons. The van der Waals surface area contributed by atoms with Gasteiger partial charge in [0.1, 0.15) is 5.75 Å². The first-order valence-corrected chi connectivity index (χ1v) is 9.57. The van der Waals surface area contributed by atoms with Crippen LogP contribution in [0.15, 0.2) is 66.9 Å². The average molecular weight is 417 g/mol. The number of para-hydroxylation sites is 3. The van der Waals surface area contributed by atoms with Gasteiger partial charge in [0.05, 0.1) is 17.7 Å². The standard InChI is InChI=1S/C23H19N3O5/c24-23(29)19-13-26(17-8-1-2-9-18(17)31-19)20(27)14-30-21(28)11-10-16-6-3-5-15-7-4-12-25-22(15)16/h1-12,19H,13-14H2,(H2,24,29)/b11-10+. The summed E-state index contributed by atoms with van der Waals surface area (Å²) in [5.74, 6) is -1.48. The van der Waals surface area contributed by atoms with Gasteiger partial charge in [0.25, 0.3) is 11.8 Å². The monoisotopic (exact) mass is 417 g/mol. The Balaban J connectivity index is 1.43. The molecule has 0 bridgehead atoms. The fourth-order valence-corrected chi connectivity index (χ4v) is 3.30. The Morgan fingerprint density at radius 2 is 1.94 bits per heavy atom. The zero-order valence-corrected chi connectivity index (χ0v) is 16.4. The fourth-order valence-electron chi connectivity index (χ4n) is 3.30. The van der Waals surface area contributed by atoms with Gasteiger partial charge in [-0.05, 0) is 24.3 Å². The number of benzene rings is 2. The Kier molecular flexibility index (Phi) is 5.61. The van der Waals surface area contributed by atoms with Crippen molar-refractivity contribution in [3.05, 3.63) is 72.4 Å². The van der Waals surface area contributed by atoms with E-state index in [9.17, 15) is 14.4 Å². The third-order valence-electron chi connectivity index (χ3n) is 4.79. The predicted molar refractivity (Wildman–Crippen MR) is 114 cm³/mol. The van der Waals surface area contributed by atoms with E-state index in [0.717, 1.165) is 16.5 Å². The molecule has 156 valence electrons. The van der Waals surface area contributed by atoms with Crippen molar-refractivity contribution in [1.82, 2.24) is 4.98 Å². The molecule has 0 aliphatic carbocycles. The first-order chi connectivity index (χ1) is 15.0. The Morgan fingerprint density at radius 3 is 2.77 bits per heavy atom. The lowest BCUT2D eigenvalue weighted by atomic mass is 10.1. The van der Waals surface area contributed by atoms with Crippen molar-refractivity contribution in [2.75, 3.05) is 18.1 Å². The zero-order chi connectivity index (χ0) is 21.8. The molecule has 1 unspecified atom stereocenters. The number of hydrogen-bond donors (Lipinski definition) is 1. The number of amides is 2. The summed E-state index contributed by atoms with van der Waals surface area (Å²) >= 11 is 0. The summed E-state index contributed by atoms with van der Waals surface area (Å²) in [6, 6.07) is 16.2. The van der Waals surface area contributed by atoms with Crippen molar-refractivity contribution in [3.63, 3.8) is 0 Å². The van der Waals surface area contributed by atoms with Crippen LogP contribution in [-0.4, -0.2) is 42.0 Å². The lowest BCUT2D eigenvalue weighted by Gasteiger charge is -2.33. The van der Waals surface area contributed by atoms with Crippen molar-refractivity contribution in [3.8, 4) is 5.75 Å². The van der Waals surface area contributed by atoms with E-state index in [4.69, 9.17) is 15.2 Å². The van der Waals surface area contributed by atoms with E-state index in [0.29, 0.717) is 11.4 Å². The topological polar surface area (TPSA) is 112 Å². The van der Waals surface area contributed by atoms with Crippen LogP contribution >= 0.6 is 0 Å². The van der Waals surface area contributed by atoms with Gasteiger partial charge in [-0.2, -0.15) is 0 Å². The van der Waals surface area contributed by atoms with Gasteiger partial charge < -0.3 is 20.1 Å². The van der Waals surface area contributed by atoms with E-state index in [1.165, 1.54) is 11.0 Å². The molecule has 31 heavy (non-hydrogen) atoms. The summed E-state index contributed by atoms with van der Waals surface area (Å²) in [6.45, 7) is -0.545. The van der Waals surface area contributed by atoms with Gasteiger partial charge in [-0.1, -0.05) is 36.4 Å². The minimum atomic E-state index is -0.978. The van der Waals surface area contributed by atoms with Crippen LogP contribution in [0.3, 0.4) is 0 Å². The number of fused-ring (bicyclic) bond motifs is 2. The van der Waals surface area contributed by atoms with Gasteiger partial charge in [-0.3, -0.25) is 14.6 Å². The maximum absolute atomic E-state index is 12.7. The second kappa shape index (κ2) is 8.66. The van der Waals surface area contributed by atoms with Crippen LogP contribution in [0.2, 0.25) is 0 Å². The Bertz CT molecular complexity index is 1190. The highest BCUT2D eigenvalue weighted by molar-refractivity contribution is 5.99. The fraction of sp³-hybridized carbons (Fsp3) is 0.130. The summed E-state index contributed by atoms with van der Waals surface area (Å²) in [7, 11) is 0. The van der Waals surface area contributed by atoms with Gasteiger partial charge in [0, 0.05) is 23.2 Å². The number of pyridine rings is 1. The van der Waals surface area contributed by atoms with Crippen molar-refractivity contribution in [1.29, 1.82) is 0 Å². The smallest absolute Gasteiger partial charge is 0.331 e. The minimum Gasteiger partial charge on any atom is -0.477 e. The molecule has 0 saturated heterocycles. The molecule has 4 rings (SSSR count). The van der Waals surface area contributed by atoms with E-state index in [1.807, 2.05) is 30.3 Å². The molecule has 2 heterocycles. The third-order valence-corrected chi connectivity index (χ3v) is 4.79. The van der Waals surface area contributed by atoms with Crippen molar-refractivity contribution < 1.29 is 23.9 Å². The third kappa shape index (κ3) is 4.37. The number of esters is 1. The number of nitrogens with zero attached hydrogens (tertiary/aromatic N) is 2. The molecular formula is C23H19N3O5. The molecule has 8 heteroatoms. The summed E-state index contributed by atoms with van der Waals surface area (Å²) in [5.41, 5.74) is 7.34. The molecule has 0 saturated carbocycles. The van der Waals surface area contributed by atoms with Gasteiger partial charge in [0.15, 0.2) is 12.7 Å². The number of nitrogens with two attached hydrogens (primary N) is 1. The Hall–Kier alpha value is -4.20. The summed E-state index contributed by atoms with van der Waals surface area (Å²) in [6.07, 6.45) is 3.54. The molecule has 2 aromatic carbocycles. The van der Waals surface area contributed by atoms with Gasteiger partial charge >= 0.3 is 5.97 Å². The van der Waals surface area contributed by atoms with Crippen molar-refractivity contribution >= 4 is 40.4 Å². The normalized spacial score (nSPS) is 15.4. The number of anilines is 1. The molecule has 1 aromatic heterocycles. The maximum atomic E-state index is 12.7. The molecule has 8 nitrogen and oxygen atoms in total. The first-order valence-electron chi connectivity index (χ1n) is 9.57. The van der Waals surface area contributed by atoms with E-state index in [-0.39, 0.29) is 6.54 Å². The molecular weight excluding hydrogens is 398 g/mol. The lowest BCUT2D eigenvalue weighted by molar-refractivity contribution is -0.143. The zero-order valence-electron chi connectivity index (χ0n) is 16.4. The SMILES string of the molecule is NC(=O)C1CN(C(=O)COC(=O)/C=C/c2cccc3cccnc23)c2ccccc2O1. The van der Waals surface area contributed by atoms with Crippen LogP contribution in [0.25, 0.3) is 17.0 Å². The summed E-state index contributed by atoms with van der Waals surface area (Å²) < 4.78 is 10.6. The van der Waals surface area contributed by atoms with E-state index in [1.54, 1.807) is 36.5 Å². The number of primary amides is 1. The second-order valence-corrected chi connectivity index (χ2v) is 6.84. The Morgan fingerprint density at radius 1 is 1.13 bits per heavy atom. The van der Waals surface area contributed by atoms with Crippen LogP contribution in [0.1, 0.15) is 5.56 Å². The van der Waals surface area contributed by atoms with Crippen molar-refractivity contribution in [2.24, 2.45) is 5.73 Å². The average Bonchev–Trinajstić information content (AvgIpc) is 2.80. The summed E-state index contributed by atoms with van der Waals surface area (Å²) in [4.78, 5) is 42.1. The van der Waals surface area contributed by atoms with Gasteiger partial charge in [-0.15, -0.1) is 0 Å². The van der Waals surface area contributed by atoms with Crippen LogP contribution < -0.4 is 15.4 Å². The minimum absolute atomic E-state index is 0.0553. The number of aromatic nitrogens is 1.